The van der Waals surface area contributed by atoms with Crippen molar-refractivity contribution in [2.75, 3.05) is 13.7 Å². The number of methoxy groups -OCH3 is 1. The zero-order valence-electron chi connectivity index (χ0n) is 10.2. The molecule has 0 spiro atoms. The van der Waals surface area contributed by atoms with E-state index >= 15 is 0 Å². The summed E-state index contributed by atoms with van der Waals surface area (Å²) in [6, 6.07) is 0. The van der Waals surface area contributed by atoms with Gasteiger partial charge in [0.2, 0.25) is 0 Å². The van der Waals surface area contributed by atoms with Crippen LogP contribution in [0.1, 0.15) is 45.4 Å². The van der Waals surface area contributed by atoms with E-state index in [2.05, 4.69) is 11.9 Å². The Morgan fingerprint density at radius 3 is 2.94 bits per heavy atom. The Morgan fingerprint density at radius 1 is 1.44 bits per heavy atom. The second kappa shape index (κ2) is 7.39. The van der Waals surface area contributed by atoms with Gasteiger partial charge in [0.25, 0.3) is 0 Å². The average molecular weight is 227 g/mol. The molecule has 0 aromatic rings. The number of aliphatic imine (C=N–C) groups is 1. The first-order valence-electron chi connectivity index (χ1n) is 6.05. The van der Waals surface area contributed by atoms with Crippen molar-refractivity contribution in [2.45, 2.75) is 51.6 Å². The summed E-state index contributed by atoms with van der Waals surface area (Å²) in [5, 5.41) is 0. The van der Waals surface area contributed by atoms with Crippen LogP contribution >= 0.6 is 0 Å². The fraction of sp³-hybridized carbons (Fsp3) is 0.833. The number of carbonyl (C=O) groups is 1. The smallest absolute Gasteiger partial charge is 0.433 e. The van der Waals surface area contributed by atoms with Crippen molar-refractivity contribution in [1.29, 1.82) is 0 Å². The molecular weight excluding hydrogens is 206 g/mol. The first kappa shape index (κ1) is 13.2. The number of hydrogen-bond acceptors (Lipinski definition) is 3. The number of ether oxygens (including phenoxy) is 2. The molecule has 0 aromatic heterocycles. The first-order valence-corrected chi connectivity index (χ1v) is 6.05. The fourth-order valence-electron chi connectivity index (χ4n) is 1.85. The lowest BCUT2D eigenvalue weighted by Gasteiger charge is -2.14. The molecule has 0 radical (unpaired) electrons. The predicted octanol–water partition coefficient (Wildman–Crippen LogP) is 2.95. The molecule has 0 bridgehead atoms. The summed E-state index contributed by atoms with van der Waals surface area (Å²) in [6.07, 6.45) is 5.74. The van der Waals surface area contributed by atoms with Gasteiger partial charge >= 0.3 is 6.09 Å². The van der Waals surface area contributed by atoms with Crippen molar-refractivity contribution in [2.24, 2.45) is 4.99 Å². The second-order valence-corrected chi connectivity index (χ2v) is 4.04. The highest BCUT2D eigenvalue weighted by atomic mass is 16.5. The summed E-state index contributed by atoms with van der Waals surface area (Å²) < 4.78 is 10.2. The molecule has 1 heterocycles. The van der Waals surface area contributed by atoms with Crippen molar-refractivity contribution >= 4 is 11.8 Å². The summed E-state index contributed by atoms with van der Waals surface area (Å²) in [5.41, 5.74) is 0.848. The van der Waals surface area contributed by atoms with Crippen LogP contribution in [-0.2, 0) is 9.47 Å². The maximum atomic E-state index is 11.2. The van der Waals surface area contributed by atoms with Gasteiger partial charge in [-0.15, -0.1) is 0 Å². The third-order valence-electron chi connectivity index (χ3n) is 2.78. The van der Waals surface area contributed by atoms with Crippen molar-refractivity contribution in [3.8, 4) is 0 Å². The number of hydrogen-bond donors (Lipinski definition) is 0. The van der Waals surface area contributed by atoms with Crippen LogP contribution in [-0.4, -0.2) is 31.6 Å². The highest BCUT2D eigenvalue weighted by Crippen LogP contribution is 2.13. The van der Waals surface area contributed by atoms with Crippen LogP contribution in [0, 0.1) is 0 Å². The maximum absolute atomic E-state index is 11.2. The number of unbranched alkanes of at least 4 members (excludes halogenated alkanes) is 3. The molecule has 1 amide bonds. The molecule has 0 N–H and O–H groups in total. The van der Waals surface area contributed by atoms with Gasteiger partial charge < -0.3 is 9.47 Å². The Balaban J connectivity index is 2.46. The minimum absolute atomic E-state index is 0.0481. The van der Waals surface area contributed by atoms with Gasteiger partial charge in [-0.2, -0.15) is 4.99 Å². The molecule has 0 saturated carbocycles. The SMILES string of the molecule is CCCCCCC1=NC(=O)OCCC1OC. The Labute approximate surface area is 97.0 Å². The van der Waals surface area contributed by atoms with Crippen LogP contribution in [0.3, 0.4) is 0 Å². The number of cyclic esters (lactones) is 1. The minimum Gasteiger partial charge on any atom is -0.448 e. The van der Waals surface area contributed by atoms with Crippen LogP contribution in [0.4, 0.5) is 4.79 Å². The van der Waals surface area contributed by atoms with Crippen molar-refractivity contribution in [1.82, 2.24) is 0 Å². The monoisotopic (exact) mass is 227 g/mol. The number of amides is 1. The van der Waals surface area contributed by atoms with Gasteiger partial charge in [0.1, 0.15) is 0 Å². The van der Waals surface area contributed by atoms with Gasteiger partial charge in [0.05, 0.1) is 18.4 Å². The van der Waals surface area contributed by atoms with E-state index in [1.807, 2.05) is 0 Å². The van der Waals surface area contributed by atoms with E-state index in [0.717, 1.165) is 25.0 Å². The molecule has 0 saturated heterocycles. The zero-order valence-corrected chi connectivity index (χ0v) is 10.2. The molecule has 0 aliphatic carbocycles. The predicted molar refractivity (Wildman–Crippen MR) is 63.0 cm³/mol. The van der Waals surface area contributed by atoms with Gasteiger partial charge in [-0.3, -0.25) is 0 Å². The van der Waals surface area contributed by atoms with Crippen LogP contribution < -0.4 is 0 Å². The van der Waals surface area contributed by atoms with Crippen LogP contribution in [0.25, 0.3) is 0 Å². The van der Waals surface area contributed by atoms with E-state index in [4.69, 9.17) is 9.47 Å². The quantitative estimate of drug-likeness (QED) is 0.655. The Kier molecular flexibility index (Phi) is 6.08. The minimum atomic E-state index is -0.468. The maximum Gasteiger partial charge on any atom is 0.433 e. The van der Waals surface area contributed by atoms with E-state index in [-0.39, 0.29) is 6.10 Å². The fourth-order valence-corrected chi connectivity index (χ4v) is 1.85. The van der Waals surface area contributed by atoms with Crippen molar-refractivity contribution in [3.05, 3.63) is 0 Å². The summed E-state index contributed by atoms with van der Waals surface area (Å²) >= 11 is 0. The Hall–Kier alpha value is -0.900. The zero-order chi connectivity index (χ0) is 11.8. The molecule has 0 aromatic carbocycles. The molecule has 1 unspecified atom stereocenters. The molecule has 1 aliphatic rings. The third kappa shape index (κ3) is 4.31. The third-order valence-corrected chi connectivity index (χ3v) is 2.78. The van der Waals surface area contributed by atoms with Gasteiger partial charge in [-0.1, -0.05) is 26.2 Å². The van der Waals surface area contributed by atoms with E-state index in [1.54, 1.807) is 7.11 Å². The number of carbonyl (C=O) groups excluding carboxylic acids is 1. The molecular formula is C12H21NO3. The normalized spacial score (nSPS) is 21.2. The Morgan fingerprint density at radius 2 is 2.25 bits per heavy atom. The van der Waals surface area contributed by atoms with Crippen LogP contribution in [0.2, 0.25) is 0 Å². The lowest BCUT2D eigenvalue weighted by molar-refractivity contribution is 0.115. The molecule has 16 heavy (non-hydrogen) atoms. The lowest BCUT2D eigenvalue weighted by Crippen LogP contribution is -2.23. The lowest BCUT2D eigenvalue weighted by atomic mass is 10.0. The van der Waals surface area contributed by atoms with E-state index in [0.29, 0.717) is 6.61 Å². The highest BCUT2D eigenvalue weighted by Gasteiger charge is 2.20. The van der Waals surface area contributed by atoms with E-state index in [1.165, 1.54) is 19.3 Å². The topological polar surface area (TPSA) is 47.9 Å². The molecule has 1 atom stereocenters. The highest BCUT2D eigenvalue weighted by molar-refractivity contribution is 5.96. The van der Waals surface area contributed by atoms with Crippen LogP contribution in [0.15, 0.2) is 4.99 Å². The molecule has 4 nitrogen and oxygen atoms in total. The summed E-state index contributed by atoms with van der Waals surface area (Å²) in [4.78, 5) is 15.1. The number of rotatable bonds is 6. The second-order valence-electron chi connectivity index (χ2n) is 4.04. The summed E-state index contributed by atoms with van der Waals surface area (Å²) in [6.45, 7) is 2.58. The van der Waals surface area contributed by atoms with Crippen molar-refractivity contribution in [3.63, 3.8) is 0 Å². The molecule has 0 fully saturated rings. The van der Waals surface area contributed by atoms with Crippen molar-refractivity contribution < 1.29 is 14.3 Å². The molecule has 1 aliphatic heterocycles. The summed E-state index contributed by atoms with van der Waals surface area (Å²) in [5.74, 6) is 0. The first-order chi connectivity index (χ1) is 7.77. The van der Waals surface area contributed by atoms with Gasteiger partial charge in [-0.25, -0.2) is 4.79 Å². The Bertz CT molecular complexity index is 251. The van der Waals surface area contributed by atoms with Crippen LogP contribution in [0.5, 0.6) is 0 Å². The molecule has 92 valence electrons. The standard InChI is InChI=1S/C12H21NO3/c1-3-4-5-6-7-10-11(15-2)8-9-16-12(14)13-10/h11H,3-9H2,1-2H3. The van der Waals surface area contributed by atoms with Gasteiger partial charge in [-0.05, 0) is 12.8 Å². The number of nitrogens with zero attached hydrogens (tertiary/aromatic N) is 1. The molecule has 4 heteroatoms. The summed E-state index contributed by atoms with van der Waals surface area (Å²) in [7, 11) is 1.65. The average Bonchev–Trinajstić information content (AvgIpc) is 2.46. The van der Waals surface area contributed by atoms with Gasteiger partial charge in [0, 0.05) is 13.5 Å². The van der Waals surface area contributed by atoms with E-state index < -0.39 is 6.09 Å². The molecule has 1 rings (SSSR count). The van der Waals surface area contributed by atoms with E-state index in [9.17, 15) is 4.79 Å². The van der Waals surface area contributed by atoms with Gasteiger partial charge in [0.15, 0.2) is 0 Å². The largest absolute Gasteiger partial charge is 0.448 e.